The Kier molecular flexibility index (Phi) is 4.70. The third kappa shape index (κ3) is 3.29. The first kappa shape index (κ1) is 14.2. The molecule has 0 spiro atoms. The summed E-state index contributed by atoms with van der Waals surface area (Å²) in [5.41, 5.74) is 4.28. The van der Waals surface area contributed by atoms with Crippen molar-refractivity contribution in [1.29, 1.82) is 0 Å². The molecule has 0 amide bonds. The van der Waals surface area contributed by atoms with Crippen LogP contribution in [-0.2, 0) is 19.5 Å². The van der Waals surface area contributed by atoms with E-state index in [0.717, 1.165) is 19.5 Å². The highest BCUT2D eigenvalue weighted by Crippen LogP contribution is 2.28. The molecule has 0 aliphatic carbocycles. The van der Waals surface area contributed by atoms with Crippen LogP contribution in [0.3, 0.4) is 0 Å². The SMILES string of the molecule is CC.CCc1cnc2c(c1)CN(C(C)(C)C)C2. The van der Waals surface area contributed by atoms with Crippen molar-refractivity contribution in [3.63, 3.8) is 0 Å². The van der Waals surface area contributed by atoms with Crippen LogP contribution in [0.25, 0.3) is 0 Å². The quantitative estimate of drug-likeness (QED) is 0.735. The lowest BCUT2D eigenvalue weighted by molar-refractivity contribution is 0.135. The summed E-state index contributed by atoms with van der Waals surface area (Å²) in [7, 11) is 0. The van der Waals surface area contributed by atoms with Crippen LogP contribution in [0, 0.1) is 0 Å². The maximum absolute atomic E-state index is 4.55. The fraction of sp³-hybridized carbons (Fsp3) is 0.667. The summed E-state index contributed by atoms with van der Waals surface area (Å²) in [6, 6.07) is 2.31. The van der Waals surface area contributed by atoms with Gasteiger partial charge in [0, 0.05) is 24.8 Å². The molecule has 96 valence electrons. The van der Waals surface area contributed by atoms with Gasteiger partial charge in [-0.1, -0.05) is 26.8 Å². The van der Waals surface area contributed by atoms with Gasteiger partial charge in [-0.15, -0.1) is 0 Å². The standard InChI is InChI=1S/C13H20N2.C2H6/c1-5-10-6-11-8-15(13(2,3)4)9-12(11)14-7-10;1-2/h6-7H,5,8-9H2,1-4H3;1-2H3. The fourth-order valence-electron chi connectivity index (χ4n) is 1.98. The number of aryl methyl sites for hydroxylation is 1. The topological polar surface area (TPSA) is 16.1 Å². The van der Waals surface area contributed by atoms with Gasteiger partial charge in [-0.3, -0.25) is 9.88 Å². The Labute approximate surface area is 106 Å². The molecule has 0 atom stereocenters. The van der Waals surface area contributed by atoms with E-state index in [0.29, 0.717) is 0 Å². The number of pyridine rings is 1. The molecule has 1 aromatic heterocycles. The van der Waals surface area contributed by atoms with Crippen LogP contribution in [0.2, 0.25) is 0 Å². The van der Waals surface area contributed by atoms with E-state index < -0.39 is 0 Å². The first-order valence-corrected chi connectivity index (χ1v) is 6.72. The van der Waals surface area contributed by atoms with Crippen LogP contribution in [0.15, 0.2) is 12.3 Å². The summed E-state index contributed by atoms with van der Waals surface area (Å²) in [6.07, 6.45) is 3.10. The number of nitrogens with zero attached hydrogens (tertiary/aromatic N) is 2. The number of aromatic nitrogens is 1. The summed E-state index contributed by atoms with van der Waals surface area (Å²) in [5.74, 6) is 0. The third-order valence-electron chi connectivity index (χ3n) is 3.18. The van der Waals surface area contributed by atoms with Gasteiger partial charge < -0.3 is 0 Å². The van der Waals surface area contributed by atoms with Crippen molar-refractivity contribution in [2.75, 3.05) is 0 Å². The largest absolute Gasteiger partial charge is 0.288 e. The average Bonchev–Trinajstić information content (AvgIpc) is 2.74. The normalized spacial score (nSPS) is 15.2. The second-order valence-corrected chi connectivity index (χ2v) is 5.33. The Morgan fingerprint density at radius 3 is 2.41 bits per heavy atom. The Bertz CT molecular complexity index is 364. The number of hydrogen-bond donors (Lipinski definition) is 0. The second-order valence-electron chi connectivity index (χ2n) is 5.33. The first-order valence-electron chi connectivity index (χ1n) is 6.72. The van der Waals surface area contributed by atoms with Gasteiger partial charge in [-0.25, -0.2) is 0 Å². The minimum absolute atomic E-state index is 0.243. The Morgan fingerprint density at radius 2 is 1.88 bits per heavy atom. The lowest BCUT2D eigenvalue weighted by Gasteiger charge is -2.30. The second kappa shape index (κ2) is 5.63. The fourth-order valence-corrected chi connectivity index (χ4v) is 1.98. The molecule has 0 aromatic carbocycles. The van der Waals surface area contributed by atoms with E-state index >= 15 is 0 Å². The predicted octanol–water partition coefficient (Wildman–Crippen LogP) is 3.78. The third-order valence-corrected chi connectivity index (χ3v) is 3.18. The van der Waals surface area contributed by atoms with Gasteiger partial charge in [-0.2, -0.15) is 0 Å². The highest BCUT2D eigenvalue weighted by atomic mass is 15.2. The molecule has 2 heteroatoms. The molecule has 1 aliphatic heterocycles. The molecule has 0 saturated carbocycles. The first-order chi connectivity index (χ1) is 8.00. The predicted molar refractivity (Wildman–Crippen MR) is 74.0 cm³/mol. The van der Waals surface area contributed by atoms with E-state index in [-0.39, 0.29) is 5.54 Å². The molecular formula is C15H26N2. The van der Waals surface area contributed by atoms with Crippen molar-refractivity contribution in [2.45, 2.75) is 66.6 Å². The summed E-state index contributed by atoms with van der Waals surface area (Å²) >= 11 is 0. The molecule has 0 fully saturated rings. The molecule has 0 saturated heterocycles. The summed E-state index contributed by atoms with van der Waals surface area (Å²) in [4.78, 5) is 7.03. The van der Waals surface area contributed by atoms with E-state index in [1.165, 1.54) is 16.8 Å². The van der Waals surface area contributed by atoms with E-state index in [2.05, 4.69) is 43.6 Å². The number of fused-ring (bicyclic) bond motifs is 1. The maximum Gasteiger partial charge on any atom is 0.0589 e. The Morgan fingerprint density at radius 1 is 1.24 bits per heavy atom. The zero-order valence-electron chi connectivity index (χ0n) is 12.2. The summed E-state index contributed by atoms with van der Waals surface area (Å²) in [6.45, 7) is 15.0. The number of hydrogen-bond acceptors (Lipinski definition) is 2. The monoisotopic (exact) mass is 234 g/mol. The van der Waals surface area contributed by atoms with Gasteiger partial charge >= 0.3 is 0 Å². The highest BCUT2D eigenvalue weighted by molar-refractivity contribution is 5.28. The van der Waals surface area contributed by atoms with Crippen molar-refractivity contribution >= 4 is 0 Å². The van der Waals surface area contributed by atoms with Gasteiger partial charge in [-0.05, 0) is 38.3 Å². The highest BCUT2D eigenvalue weighted by Gasteiger charge is 2.28. The molecule has 2 heterocycles. The lowest BCUT2D eigenvalue weighted by Crippen LogP contribution is -2.36. The van der Waals surface area contributed by atoms with Gasteiger partial charge in [0.15, 0.2) is 0 Å². The Hall–Kier alpha value is -0.890. The average molecular weight is 234 g/mol. The zero-order valence-corrected chi connectivity index (χ0v) is 12.2. The molecular weight excluding hydrogens is 208 g/mol. The van der Waals surface area contributed by atoms with E-state index in [9.17, 15) is 0 Å². The summed E-state index contributed by atoms with van der Waals surface area (Å²) < 4.78 is 0. The smallest absolute Gasteiger partial charge is 0.0589 e. The van der Waals surface area contributed by atoms with E-state index in [1.807, 2.05) is 20.0 Å². The molecule has 17 heavy (non-hydrogen) atoms. The van der Waals surface area contributed by atoms with Crippen molar-refractivity contribution in [1.82, 2.24) is 9.88 Å². The van der Waals surface area contributed by atoms with Crippen LogP contribution in [-0.4, -0.2) is 15.4 Å². The van der Waals surface area contributed by atoms with Crippen molar-refractivity contribution in [3.8, 4) is 0 Å². The molecule has 1 aromatic rings. The molecule has 2 nitrogen and oxygen atoms in total. The molecule has 1 aliphatic rings. The van der Waals surface area contributed by atoms with Gasteiger partial charge in [0.2, 0.25) is 0 Å². The van der Waals surface area contributed by atoms with E-state index in [1.54, 1.807) is 0 Å². The van der Waals surface area contributed by atoms with Crippen molar-refractivity contribution in [2.24, 2.45) is 0 Å². The maximum atomic E-state index is 4.55. The van der Waals surface area contributed by atoms with Crippen molar-refractivity contribution < 1.29 is 0 Å². The van der Waals surface area contributed by atoms with Crippen LogP contribution >= 0.6 is 0 Å². The minimum Gasteiger partial charge on any atom is -0.288 e. The zero-order chi connectivity index (χ0) is 13.1. The van der Waals surface area contributed by atoms with Gasteiger partial charge in [0.05, 0.1) is 5.69 Å². The molecule has 0 bridgehead atoms. The van der Waals surface area contributed by atoms with Crippen molar-refractivity contribution in [3.05, 3.63) is 29.1 Å². The van der Waals surface area contributed by atoms with Crippen LogP contribution in [0.4, 0.5) is 0 Å². The minimum atomic E-state index is 0.243. The van der Waals surface area contributed by atoms with Crippen LogP contribution in [0.1, 0.15) is 58.4 Å². The van der Waals surface area contributed by atoms with Crippen LogP contribution < -0.4 is 0 Å². The van der Waals surface area contributed by atoms with Gasteiger partial charge in [0.1, 0.15) is 0 Å². The molecule has 0 radical (unpaired) electrons. The van der Waals surface area contributed by atoms with E-state index in [4.69, 9.17) is 0 Å². The number of rotatable bonds is 1. The molecule has 2 rings (SSSR count). The molecule has 0 N–H and O–H groups in total. The van der Waals surface area contributed by atoms with Gasteiger partial charge in [0.25, 0.3) is 0 Å². The lowest BCUT2D eigenvalue weighted by atomic mass is 10.1. The summed E-state index contributed by atoms with van der Waals surface area (Å²) in [5, 5.41) is 0. The van der Waals surface area contributed by atoms with Crippen LogP contribution in [0.5, 0.6) is 0 Å². The molecule has 0 unspecified atom stereocenters. The Balaban J connectivity index is 0.000000686.